The number of fused-ring (bicyclic) bond motifs is 2. The average Bonchev–Trinajstić information content (AvgIpc) is 3.37. The van der Waals surface area contributed by atoms with E-state index in [1.54, 1.807) is 6.20 Å². The van der Waals surface area contributed by atoms with Gasteiger partial charge < -0.3 is 9.30 Å². The molecule has 0 radical (unpaired) electrons. The topological polar surface area (TPSA) is 73.1 Å². The van der Waals surface area contributed by atoms with E-state index in [4.69, 9.17) is 14.7 Å². The molecular formula is C23H31N5O2. The molecule has 30 heavy (non-hydrogen) atoms. The summed E-state index contributed by atoms with van der Waals surface area (Å²) in [6.45, 7) is 4.08. The zero-order valence-electron chi connectivity index (χ0n) is 18.0. The van der Waals surface area contributed by atoms with Crippen LogP contribution in [0.3, 0.4) is 0 Å². The van der Waals surface area contributed by atoms with Crippen molar-refractivity contribution < 1.29 is 9.53 Å². The summed E-state index contributed by atoms with van der Waals surface area (Å²) in [6, 6.07) is 2.68. The van der Waals surface area contributed by atoms with Crippen molar-refractivity contribution in [1.82, 2.24) is 24.4 Å². The number of hydrogen-bond acceptors (Lipinski definition) is 6. The van der Waals surface area contributed by atoms with Crippen LogP contribution in [-0.2, 0) is 16.8 Å². The first kappa shape index (κ1) is 19.7. The largest absolute Gasteiger partial charge is 0.459 e. The molecule has 2 aromatic rings. The Labute approximate surface area is 177 Å². The number of likely N-dealkylation sites (tertiary alicyclic amines) is 1. The number of aromatic nitrogens is 4. The number of imidazole rings is 1. The number of carbonyl (C=O) groups excluding carboxylic acids is 1. The maximum absolute atomic E-state index is 12.9. The van der Waals surface area contributed by atoms with Crippen LogP contribution in [0.5, 0.6) is 6.01 Å². The number of nitrogens with zero attached hydrogens (tertiary/aromatic N) is 5. The first-order chi connectivity index (χ1) is 14.6. The number of carbonyl (C=O) groups is 1. The van der Waals surface area contributed by atoms with Gasteiger partial charge in [0.25, 0.3) is 0 Å². The van der Waals surface area contributed by atoms with Crippen molar-refractivity contribution in [3.05, 3.63) is 24.2 Å². The molecule has 0 amide bonds. The summed E-state index contributed by atoms with van der Waals surface area (Å²) in [5.41, 5.74) is 1.50. The first-order valence-electron chi connectivity index (χ1n) is 11.4. The fourth-order valence-electron chi connectivity index (χ4n) is 5.78. The lowest BCUT2D eigenvalue weighted by atomic mass is 9.67. The molecule has 0 bridgehead atoms. The van der Waals surface area contributed by atoms with Crippen LogP contribution in [0.1, 0.15) is 64.0 Å². The van der Waals surface area contributed by atoms with Gasteiger partial charge in [-0.15, -0.1) is 0 Å². The molecule has 2 fully saturated rings. The average molecular weight is 410 g/mol. The van der Waals surface area contributed by atoms with E-state index in [-0.39, 0.29) is 11.5 Å². The van der Waals surface area contributed by atoms with Crippen LogP contribution in [0, 0.1) is 0 Å². The van der Waals surface area contributed by atoms with Crippen molar-refractivity contribution in [3.63, 3.8) is 0 Å². The van der Waals surface area contributed by atoms with Gasteiger partial charge in [0.1, 0.15) is 17.6 Å². The predicted octanol–water partition coefficient (Wildman–Crippen LogP) is 3.38. The van der Waals surface area contributed by atoms with E-state index in [1.165, 1.54) is 6.42 Å². The summed E-state index contributed by atoms with van der Waals surface area (Å²) < 4.78 is 8.34. The number of rotatable bonds is 4. The van der Waals surface area contributed by atoms with Gasteiger partial charge in [0.05, 0.1) is 11.1 Å². The summed E-state index contributed by atoms with van der Waals surface area (Å²) in [5, 5.41) is 0. The van der Waals surface area contributed by atoms with Crippen LogP contribution in [-0.4, -0.2) is 55.9 Å². The summed E-state index contributed by atoms with van der Waals surface area (Å²) >= 11 is 0. The Morgan fingerprint density at radius 1 is 1.17 bits per heavy atom. The first-order valence-corrected chi connectivity index (χ1v) is 11.4. The molecule has 0 aromatic carbocycles. The highest BCUT2D eigenvalue weighted by molar-refractivity contribution is 5.90. The molecule has 1 unspecified atom stereocenters. The van der Waals surface area contributed by atoms with E-state index in [9.17, 15) is 4.79 Å². The Kier molecular flexibility index (Phi) is 5.09. The predicted molar refractivity (Wildman–Crippen MR) is 113 cm³/mol. The van der Waals surface area contributed by atoms with E-state index in [0.29, 0.717) is 24.3 Å². The molecule has 2 aliphatic heterocycles. The molecule has 160 valence electrons. The minimum absolute atomic E-state index is 0.0325. The highest BCUT2D eigenvalue weighted by Crippen LogP contribution is 2.44. The molecule has 1 aliphatic carbocycles. The molecule has 1 saturated heterocycles. The van der Waals surface area contributed by atoms with Crippen molar-refractivity contribution in [1.29, 1.82) is 0 Å². The lowest BCUT2D eigenvalue weighted by Crippen LogP contribution is -2.43. The molecule has 4 heterocycles. The number of likely N-dealkylation sites (N-methyl/N-ethyl adjacent to an activating group) is 1. The summed E-state index contributed by atoms with van der Waals surface area (Å²) in [5.74, 6) is 1.21. The number of ether oxygens (including phenoxy) is 1. The fraction of sp³-hybridized carbons (Fsp3) is 0.652. The molecule has 0 N–H and O–H groups in total. The van der Waals surface area contributed by atoms with Crippen LogP contribution in [0.2, 0.25) is 0 Å². The molecule has 2 aromatic heterocycles. The van der Waals surface area contributed by atoms with Gasteiger partial charge >= 0.3 is 6.01 Å². The second kappa shape index (κ2) is 7.76. The van der Waals surface area contributed by atoms with Gasteiger partial charge in [-0.05, 0) is 65.1 Å². The summed E-state index contributed by atoms with van der Waals surface area (Å²) in [6.07, 6.45) is 11.8. The van der Waals surface area contributed by atoms with Gasteiger partial charge in [-0.3, -0.25) is 9.69 Å². The van der Waals surface area contributed by atoms with Gasteiger partial charge in [0.2, 0.25) is 0 Å². The molecule has 1 spiro atoms. The van der Waals surface area contributed by atoms with E-state index < -0.39 is 0 Å². The van der Waals surface area contributed by atoms with Gasteiger partial charge in [-0.2, -0.15) is 4.98 Å². The van der Waals surface area contributed by atoms with Crippen LogP contribution in [0.15, 0.2) is 18.5 Å². The Morgan fingerprint density at radius 2 is 2.03 bits per heavy atom. The lowest BCUT2D eigenvalue weighted by molar-refractivity contribution is -0.127. The van der Waals surface area contributed by atoms with Crippen LogP contribution >= 0.6 is 0 Å². The zero-order valence-corrected chi connectivity index (χ0v) is 18.0. The zero-order chi connectivity index (χ0) is 20.7. The normalized spacial score (nSPS) is 27.9. The molecule has 7 nitrogen and oxygen atoms in total. The third-order valence-corrected chi connectivity index (χ3v) is 7.39. The lowest BCUT2D eigenvalue weighted by Gasteiger charge is -2.39. The standard InChI is InChI=1S/C23H31N5O2/c1-16(18-7-5-13-27(18)2)30-22-24-12-9-17(26-22)21-25-15-19-23(11-6-14-28(19)21)10-4-3-8-20(23)29/h9,12,15-16,18H,3-8,10-11,13-14H2,1-2H3/t16-,18-,23?/m0/s1. The summed E-state index contributed by atoms with van der Waals surface area (Å²) in [7, 11) is 2.15. The molecule has 1 saturated carbocycles. The van der Waals surface area contributed by atoms with E-state index in [1.807, 2.05) is 12.3 Å². The molecule has 3 atom stereocenters. The highest BCUT2D eigenvalue weighted by atomic mass is 16.5. The van der Waals surface area contributed by atoms with Crippen molar-refractivity contribution in [2.45, 2.75) is 82.4 Å². The fourth-order valence-corrected chi connectivity index (χ4v) is 5.78. The quantitative estimate of drug-likeness (QED) is 0.771. The van der Waals surface area contributed by atoms with Gasteiger partial charge in [-0.25, -0.2) is 9.97 Å². The Bertz CT molecular complexity index is 941. The highest BCUT2D eigenvalue weighted by Gasteiger charge is 2.45. The molecule has 3 aliphatic rings. The second-order valence-corrected chi connectivity index (χ2v) is 9.17. The Morgan fingerprint density at radius 3 is 2.83 bits per heavy atom. The van der Waals surface area contributed by atoms with Crippen molar-refractivity contribution >= 4 is 5.78 Å². The SMILES string of the molecule is C[C@H](Oc1nccc(-c2ncc3n2CCCC32CCCCC2=O)n1)[C@@H]1CCCN1C. The minimum Gasteiger partial charge on any atom is -0.459 e. The third-order valence-electron chi connectivity index (χ3n) is 7.39. The minimum atomic E-state index is -0.338. The Balaban J connectivity index is 1.43. The van der Waals surface area contributed by atoms with Crippen molar-refractivity contribution in [2.75, 3.05) is 13.6 Å². The smallest absolute Gasteiger partial charge is 0.317 e. The van der Waals surface area contributed by atoms with E-state index in [0.717, 1.165) is 68.8 Å². The molecule has 5 rings (SSSR count). The van der Waals surface area contributed by atoms with E-state index >= 15 is 0 Å². The number of Topliss-reactive ketones (excluding diaryl/α,β-unsaturated/α-hetero) is 1. The maximum Gasteiger partial charge on any atom is 0.317 e. The second-order valence-electron chi connectivity index (χ2n) is 9.17. The van der Waals surface area contributed by atoms with Crippen LogP contribution < -0.4 is 4.74 Å². The molecular weight excluding hydrogens is 378 g/mol. The maximum atomic E-state index is 12.9. The summed E-state index contributed by atoms with van der Waals surface area (Å²) in [4.78, 5) is 29.0. The monoisotopic (exact) mass is 409 g/mol. The van der Waals surface area contributed by atoms with Crippen LogP contribution in [0.4, 0.5) is 0 Å². The van der Waals surface area contributed by atoms with Crippen molar-refractivity contribution in [2.24, 2.45) is 0 Å². The number of hydrogen-bond donors (Lipinski definition) is 0. The number of ketones is 1. The van der Waals surface area contributed by atoms with E-state index in [2.05, 4.69) is 28.4 Å². The van der Waals surface area contributed by atoms with Gasteiger partial charge in [0.15, 0.2) is 5.82 Å². The van der Waals surface area contributed by atoms with Crippen molar-refractivity contribution in [3.8, 4) is 17.5 Å². The molecule has 7 heteroatoms. The van der Waals surface area contributed by atoms with Gasteiger partial charge in [0, 0.05) is 31.4 Å². The van der Waals surface area contributed by atoms with Gasteiger partial charge in [-0.1, -0.05) is 6.42 Å². The third kappa shape index (κ3) is 3.23. The van der Waals surface area contributed by atoms with Crippen LogP contribution in [0.25, 0.3) is 11.5 Å². The Hall–Kier alpha value is -2.28.